The second-order valence-electron chi connectivity index (χ2n) is 21.3. The van der Waals surface area contributed by atoms with Crippen LogP contribution in [0.5, 0.6) is 0 Å². The third-order valence-electron chi connectivity index (χ3n) is 13.1. The third-order valence-corrected chi connectivity index (χ3v) is 13.1. The zero-order valence-electron chi connectivity index (χ0n) is 47.1. The van der Waals surface area contributed by atoms with Gasteiger partial charge in [-0.25, -0.2) is 4.79 Å². The number of ether oxygens (including phenoxy) is 4. The zero-order valence-corrected chi connectivity index (χ0v) is 47.1. The number of carbonyl (C=O) groups is 3. The first-order valence-electron chi connectivity index (χ1n) is 29.8. The predicted octanol–water partition coefficient (Wildman–Crippen LogP) is 17.5. The Labute approximate surface area is 438 Å². The molecule has 0 aliphatic rings. The van der Waals surface area contributed by atoms with E-state index in [2.05, 4.69) is 62.5 Å². The molecule has 0 aromatic heterocycles. The minimum Gasteiger partial charge on any atom is -0.477 e. The van der Waals surface area contributed by atoms with Crippen LogP contribution < -0.4 is 0 Å². The van der Waals surface area contributed by atoms with Gasteiger partial charge in [-0.3, -0.25) is 9.59 Å². The molecule has 0 bridgehead atoms. The number of quaternary nitrogens is 1. The number of nitrogens with zero attached hydrogens (tertiary/aromatic N) is 1. The smallest absolute Gasteiger partial charge is 0.361 e. The van der Waals surface area contributed by atoms with Gasteiger partial charge in [-0.15, -0.1) is 0 Å². The summed E-state index contributed by atoms with van der Waals surface area (Å²) in [6, 6.07) is 0. The van der Waals surface area contributed by atoms with E-state index >= 15 is 0 Å². The van der Waals surface area contributed by atoms with Gasteiger partial charge in [0.05, 0.1) is 34.4 Å². The van der Waals surface area contributed by atoms with Crippen LogP contribution in [0.3, 0.4) is 0 Å². The molecule has 0 radical (unpaired) electrons. The van der Waals surface area contributed by atoms with Crippen molar-refractivity contribution in [3.63, 3.8) is 0 Å². The van der Waals surface area contributed by atoms with Crippen molar-refractivity contribution < 1.29 is 42.9 Å². The summed E-state index contributed by atoms with van der Waals surface area (Å²) in [4.78, 5) is 37.5. The fraction of sp³-hybridized carbons (Fsp3) is 0.823. The summed E-state index contributed by atoms with van der Waals surface area (Å²) in [5.74, 6) is -1.99. The lowest BCUT2D eigenvalue weighted by Gasteiger charge is -2.25. The van der Waals surface area contributed by atoms with Crippen molar-refractivity contribution >= 4 is 17.9 Å². The maximum Gasteiger partial charge on any atom is 0.361 e. The van der Waals surface area contributed by atoms with Crippen molar-refractivity contribution in [1.82, 2.24) is 0 Å². The Balaban J connectivity index is 4.21. The number of allylic oxidation sites excluding steroid dienone is 8. The highest BCUT2D eigenvalue weighted by molar-refractivity contribution is 5.71. The van der Waals surface area contributed by atoms with Gasteiger partial charge in [0.15, 0.2) is 6.10 Å². The molecule has 0 aliphatic heterocycles. The van der Waals surface area contributed by atoms with Crippen LogP contribution >= 0.6 is 0 Å². The summed E-state index contributed by atoms with van der Waals surface area (Å²) in [5.41, 5.74) is 0. The summed E-state index contributed by atoms with van der Waals surface area (Å²) < 4.78 is 22.9. The third kappa shape index (κ3) is 54.9. The van der Waals surface area contributed by atoms with Crippen LogP contribution in [0.2, 0.25) is 0 Å². The van der Waals surface area contributed by atoms with Crippen LogP contribution in [0.1, 0.15) is 271 Å². The monoisotopic (exact) mass is 1000 g/mol. The molecule has 0 fully saturated rings. The van der Waals surface area contributed by atoms with Crippen LogP contribution in [-0.2, 0) is 33.3 Å². The number of carboxylic acid groups (broad SMARTS) is 1. The molecule has 0 aromatic rings. The molecular formula is C62H114NO8+. The number of hydrogen-bond acceptors (Lipinski definition) is 7. The van der Waals surface area contributed by atoms with Crippen LogP contribution in [-0.4, -0.2) is 87.4 Å². The Bertz CT molecular complexity index is 1300. The zero-order chi connectivity index (χ0) is 52.0. The normalized spacial score (nSPS) is 13.1. The minimum absolute atomic E-state index is 0.179. The number of hydrogen-bond donors (Lipinski definition) is 1. The lowest BCUT2D eigenvalue weighted by atomic mass is 10.0. The van der Waals surface area contributed by atoms with E-state index in [0.717, 1.165) is 64.2 Å². The highest BCUT2D eigenvalue weighted by atomic mass is 16.7. The number of aliphatic carboxylic acids is 1. The van der Waals surface area contributed by atoms with Gasteiger partial charge >= 0.3 is 17.9 Å². The molecule has 0 aromatic carbocycles. The van der Waals surface area contributed by atoms with E-state index in [1.54, 1.807) is 0 Å². The molecule has 0 rings (SSSR count). The van der Waals surface area contributed by atoms with Gasteiger partial charge in [0.25, 0.3) is 6.29 Å². The van der Waals surface area contributed by atoms with Gasteiger partial charge in [0.2, 0.25) is 0 Å². The molecule has 9 nitrogen and oxygen atoms in total. The first-order chi connectivity index (χ1) is 34.6. The molecule has 0 spiro atoms. The highest BCUT2D eigenvalue weighted by Gasteiger charge is 2.25. The Morgan fingerprint density at radius 3 is 1.20 bits per heavy atom. The van der Waals surface area contributed by atoms with E-state index in [1.807, 2.05) is 21.1 Å². The molecular weight excluding hydrogens is 887 g/mol. The molecule has 0 saturated heterocycles. The molecule has 0 amide bonds. The maximum atomic E-state index is 12.9. The van der Waals surface area contributed by atoms with Gasteiger partial charge in [0.1, 0.15) is 13.2 Å². The summed E-state index contributed by atoms with van der Waals surface area (Å²) in [5, 5.41) is 9.71. The lowest BCUT2D eigenvalue weighted by Crippen LogP contribution is -2.40. The van der Waals surface area contributed by atoms with Crippen molar-refractivity contribution in [3.8, 4) is 0 Å². The van der Waals surface area contributed by atoms with Crippen molar-refractivity contribution in [2.24, 2.45) is 0 Å². The van der Waals surface area contributed by atoms with Crippen LogP contribution in [0.15, 0.2) is 48.6 Å². The average Bonchev–Trinajstić information content (AvgIpc) is 3.34. The van der Waals surface area contributed by atoms with Crippen LogP contribution in [0.25, 0.3) is 0 Å². The molecule has 414 valence electrons. The van der Waals surface area contributed by atoms with E-state index < -0.39 is 24.3 Å². The molecule has 0 saturated carbocycles. The minimum atomic E-state index is -1.51. The quantitative estimate of drug-likeness (QED) is 0.0211. The summed E-state index contributed by atoms with van der Waals surface area (Å²) in [6.07, 6.45) is 63.3. The summed E-state index contributed by atoms with van der Waals surface area (Å²) in [6.45, 7) is 4.80. The Hall–Kier alpha value is -2.75. The number of likely N-dealkylation sites (N-methyl/N-ethyl adjacent to an activating group) is 1. The second-order valence-corrected chi connectivity index (χ2v) is 21.3. The molecule has 2 atom stereocenters. The summed E-state index contributed by atoms with van der Waals surface area (Å²) >= 11 is 0. The largest absolute Gasteiger partial charge is 0.477 e. The average molecular weight is 1000 g/mol. The lowest BCUT2D eigenvalue weighted by molar-refractivity contribution is -0.870. The van der Waals surface area contributed by atoms with Crippen molar-refractivity contribution in [3.05, 3.63) is 48.6 Å². The Kier molecular flexibility index (Phi) is 51.5. The first kappa shape index (κ1) is 68.2. The standard InChI is InChI=1S/C62H113NO8/c1-6-8-10-12-14-16-18-20-22-24-26-28-29-30-31-33-35-37-39-41-43-45-47-49-51-53-60(65)71-58(57-70-62(61(66)67)68-55-54-63(3,4)5)56-69-59(64)52-50-48-46-44-42-40-38-36-34-32-27-25-23-21-19-17-15-13-11-9-7-2/h8,10,14,16,20,22,26,28,58,62H,6-7,9,11-13,15,17-19,21,23-25,27,29-57H2,1-5H3/p+1/b10-8-,16-14-,22-20-,28-26-. The molecule has 9 heteroatoms. The Morgan fingerprint density at radius 2 is 0.803 bits per heavy atom. The summed E-state index contributed by atoms with van der Waals surface area (Å²) in [7, 11) is 5.97. The van der Waals surface area contributed by atoms with Gasteiger partial charge in [-0.05, 0) is 51.4 Å². The molecule has 71 heavy (non-hydrogen) atoms. The van der Waals surface area contributed by atoms with Crippen molar-refractivity contribution in [1.29, 1.82) is 0 Å². The van der Waals surface area contributed by atoms with Crippen molar-refractivity contribution in [2.45, 2.75) is 283 Å². The van der Waals surface area contributed by atoms with Crippen molar-refractivity contribution in [2.75, 3.05) is 47.5 Å². The molecule has 0 aliphatic carbocycles. The Morgan fingerprint density at radius 1 is 0.437 bits per heavy atom. The topological polar surface area (TPSA) is 108 Å². The SMILES string of the molecule is CC/C=C\C/C=C\C/C=C\C/C=C\CCCCCCCCCCCCCCC(=O)OC(COC(=O)CCCCCCCCCCCCCCCCCCCCCCC)COC(OCC[N+](C)(C)C)C(=O)O. The number of esters is 2. The van der Waals surface area contributed by atoms with E-state index in [-0.39, 0.29) is 32.2 Å². The number of rotatable bonds is 55. The van der Waals surface area contributed by atoms with Crippen LogP contribution in [0, 0.1) is 0 Å². The maximum absolute atomic E-state index is 12.9. The second kappa shape index (κ2) is 53.5. The fourth-order valence-electron chi connectivity index (χ4n) is 8.54. The molecule has 0 heterocycles. The van der Waals surface area contributed by atoms with Gasteiger partial charge in [-0.2, -0.15) is 0 Å². The number of carbonyl (C=O) groups excluding carboxylic acids is 2. The van der Waals surface area contributed by atoms with Crippen LogP contribution in [0.4, 0.5) is 0 Å². The van der Waals surface area contributed by atoms with E-state index in [9.17, 15) is 19.5 Å². The first-order valence-corrected chi connectivity index (χ1v) is 29.8. The van der Waals surface area contributed by atoms with Gasteiger partial charge in [0, 0.05) is 12.8 Å². The molecule has 1 N–H and O–H groups in total. The number of unbranched alkanes of at least 4 members (excludes halogenated alkanes) is 32. The van der Waals surface area contributed by atoms with Gasteiger partial charge in [-0.1, -0.05) is 255 Å². The fourth-order valence-corrected chi connectivity index (χ4v) is 8.54. The number of carboxylic acids is 1. The van der Waals surface area contributed by atoms with E-state index in [1.165, 1.54) is 180 Å². The van der Waals surface area contributed by atoms with Gasteiger partial charge < -0.3 is 28.5 Å². The van der Waals surface area contributed by atoms with E-state index in [4.69, 9.17) is 18.9 Å². The molecule has 2 unspecified atom stereocenters. The van der Waals surface area contributed by atoms with E-state index in [0.29, 0.717) is 17.4 Å². The highest BCUT2D eigenvalue weighted by Crippen LogP contribution is 2.17. The predicted molar refractivity (Wildman–Crippen MR) is 300 cm³/mol.